The highest BCUT2D eigenvalue weighted by Gasteiger charge is 2.15. The lowest BCUT2D eigenvalue weighted by atomic mass is 10.1. The lowest BCUT2D eigenvalue weighted by Gasteiger charge is -2.19. The van der Waals surface area contributed by atoms with E-state index < -0.39 is 0 Å². The van der Waals surface area contributed by atoms with Crippen LogP contribution in [0, 0.1) is 5.82 Å². The smallest absolute Gasteiger partial charge is 0.164 e. The Kier molecular flexibility index (Phi) is 3.36. The van der Waals surface area contributed by atoms with Gasteiger partial charge in [0, 0.05) is 6.07 Å². The largest absolute Gasteiger partial charge is 0.486 e. The summed E-state index contributed by atoms with van der Waals surface area (Å²) in [5.41, 5.74) is 0.674. The van der Waals surface area contributed by atoms with Crippen molar-refractivity contribution < 1.29 is 13.9 Å². The van der Waals surface area contributed by atoms with Crippen LogP contribution in [0.3, 0.4) is 0 Å². The summed E-state index contributed by atoms with van der Waals surface area (Å²) >= 11 is 4.11. The second-order valence-corrected chi connectivity index (χ2v) is 3.86. The van der Waals surface area contributed by atoms with Gasteiger partial charge < -0.3 is 9.47 Å². The maximum Gasteiger partial charge on any atom is 0.164 e. The highest BCUT2D eigenvalue weighted by molar-refractivity contribution is 7.80. The molecule has 1 aliphatic rings. The van der Waals surface area contributed by atoms with Crippen LogP contribution in [-0.4, -0.2) is 19.0 Å². The summed E-state index contributed by atoms with van der Waals surface area (Å²) in [5.74, 6) is 1.69. The normalized spacial score (nSPS) is 14.0. The Morgan fingerprint density at radius 3 is 2.53 bits per heavy atom. The highest BCUT2D eigenvalue weighted by atomic mass is 32.1. The molecule has 1 aromatic rings. The minimum Gasteiger partial charge on any atom is -0.486 e. The Bertz CT molecular complexity index is 355. The topological polar surface area (TPSA) is 18.5 Å². The molecule has 0 aromatic heterocycles. The van der Waals surface area contributed by atoms with Crippen LogP contribution < -0.4 is 9.47 Å². The third kappa shape index (κ3) is 2.37. The van der Waals surface area contributed by atoms with Crippen LogP contribution in [0.2, 0.25) is 0 Å². The minimum absolute atomic E-state index is 0.221. The fourth-order valence-corrected chi connectivity index (χ4v) is 1.73. The van der Waals surface area contributed by atoms with Gasteiger partial charge in [-0.25, -0.2) is 4.39 Å². The van der Waals surface area contributed by atoms with Crippen molar-refractivity contribution in [1.29, 1.82) is 0 Å². The van der Waals surface area contributed by atoms with E-state index in [4.69, 9.17) is 9.47 Å². The number of halogens is 1. The molecule has 0 spiro atoms. The van der Waals surface area contributed by atoms with Crippen LogP contribution in [0.15, 0.2) is 12.1 Å². The summed E-state index contributed by atoms with van der Waals surface area (Å²) in [6, 6.07) is 3.13. The maximum absolute atomic E-state index is 13.5. The first-order valence-electron chi connectivity index (χ1n) is 5.00. The molecule has 15 heavy (non-hydrogen) atoms. The Balaban J connectivity index is 2.24. The molecule has 2 rings (SSSR count). The first-order valence-corrected chi connectivity index (χ1v) is 5.63. The summed E-state index contributed by atoms with van der Waals surface area (Å²) < 4.78 is 24.2. The lowest BCUT2D eigenvalue weighted by Crippen LogP contribution is -2.16. The first kappa shape index (κ1) is 10.6. The zero-order valence-corrected chi connectivity index (χ0v) is 9.23. The summed E-state index contributed by atoms with van der Waals surface area (Å²) in [4.78, 5) is 0. The number of fused-ring (bicyclic) bond motifs is 1. The number of thiol groups is 1. The van der Waals surface area contributed by atoms with Gasteiger partial charge in [0.05, 0.1) is 0 Å². The number of aryl methyl sites for hydroxylation is 1. The van der Waals surface area contributed by atoms with Gasteiger partial charge in [0.2, 0.25) is 0 Å². The van der Waals surface area contributed by atoms with Crippen molar-refractivity contribution in [3.8, 4) is 11.5 Å². The fraction of sp³-hybridized carbons (Fsp3) is 0.455. The van der Waals surface area contributed by atoms with E-state index >= 15 is 0 Å². The highest BCUT2D eigenvalue weighted by Crippen LogP contribution is 2.32. The number of ether oxygens (including phenoxy) is 2. The molecule has 2 nitrogen and oxygen atoms in total. The van der Waals surface area contributed by atoms with Gasteiger partial charge >= 0.3 is 0 Å². The molecule has 0 radical (unpaired) electrons. The maximum atomic E-state index is 13.5. The molecule has 1 aromatic carbocycles. The minimum atomic E-state index is -0.221. The molecule has 0 saturated heterocycles. The SMILES string of the molecule is Fc1cc2c(cc1CCCS)OCCO2. The lowest BCUT2D eigenvalue weighted by molar-refractivity contribution is 0.170. The standard InChI is InChI=1S/C11H13FO2S/c12-9-7-11-10(13-3-4-14-11)6-8(9)2-1-5-15/h6-7,15H,1-5H2. The van der Waals surface area contributed by atoms with Crippen LogP contribution in [0.1, 0.15) is 12.0 Å². The monoisotopic (exact) mass is 228 g/mol. The van der Waals surface area contributed by atoms with E-state index in [2.05, 4.69) is 12.6 Å². The van der Waals surface area contributed by atoms with Gasteiger partial charge in [-0.1, -0.05) is 0 Å². The van der Waals surface area contributed by atoms with Gasteiger partial charge in [0.1, 0.15) is 19.0 Å². The van der Waals surface area contributed by atoms with E-state index in [0.29, 0.717) is 36.7 Å². The Morgan fingerprint density at radius 1 is 1.20 bits per heavy atom. The third-order valence-corrected chi connectivity index (χ3v) is 2.63. The molecule has 0 bridgehead atoms. The molecule has 4 heteroatoms. The second kappa shape index (κ2) is 4.75. The van der Waals surface area contributed by atoms with E-state index in [0.717, 1.165) is 12.2 Å². The molecule has 0 N–H and O–H groups in total. The number of benzene rings is 1. The molecule has 82 valence electrons. The summed E-state index contributed by atoms with van der Waals surface area (Å²) in [5, 5.41) is 0. The van der Waals surface area contributed by atoms with Crippen molar-refractivity contribution in [1.82, 2.24) is 0 Å². The van der Waals surface area contributed by atoms with Crippen molar-refractivity contribution in [2.45, 2.75) is 12.8 Å². The van der Waals surface area contributed by atoms with Gasteiger partial charge in [0.15, 0.2) is 11.5 Å². The molecular weight excluding hydrogens is 215 g/mol. The van der Waals surface area contributed by atoms with Crippen molar-refractivity contribution in [3.63, 3.8) is 0 Å². The second-order valence-electron chi connectivity index (χ2n) is 3.41. The Hall–Kier alpha value is -0.900. The molecule has 0 saturated carbocycles. The molecule has 0 amide bonds. The van der Waals surface area contributed by atoms with Crippen LogP contribution in [0.25, 0.3) is 0 Å². The first-order chi connectivity index (χ1) is 7.31. The van der Waals surface area contributed by atoms with Crippen LogP contribution in [-0.2, 0) is 6.42 Å². The van der Waals surface area contributed by atoms with E-state index in [9.17, 15) is 4.39 Å². The Morgan fingerprint density at radius 2 is 1.87 bits per heavy atom. The number of rotatable bonds is 3. The molecule has 1 aliphatic heterocycles. The molecule has 0 aliphatic carbocycles. The average Bonchev–Trinajstić information content (AvgIpc) is 2.26. The zero-order valence-electron chi connectivity index (χ0n) is 8.33. The third-order valence-electron chi connectivity index (χ3n) is 2.32. The van der Waals surface area contributed by atoms with E-state index in [1.54, 1.807) is 6.07 Å². The van der Waals surface area contributed by atoms with Gasteiger partial charge in [0.25, 0.3) is 0 Å². The van der Waals surface area contributed by atoms with Crippen LogP contribution >= 0.6 is 12.6 Å². The van der Waals surface area contributed by atoms with Crippen molar-refractivity contribution in [3.05, 3.63) is 23.5 Å². The predicted molar refractivity (Wildman–Crippen MR) is 59.6 cm³/mol. The average molecular weight is 228 g/mol. The molecule has 1 heterocycles. The van der Waals surface area contributed by atoms with Crippen LogP contribution in [0.5, 0.6) is 11.5 Å². The summed E-state index contributed by atoms with van der Waals surface area (Å²) in [7, 11) is 0. The van der Waals surface area contributed by atoms with E-state index in [-0.39, 0.29) is 5.82 Å². The Labute approximate surface area is 93.8 Å². The van der Waals surface area contributed by atoms with Gasteiger partial charge in [-0.3, -0.25) is 0 Å². The number of hydrogen-bond acceptors (Lipinski definition) is 3. The van der Waals surface area contributed by atoms with Gasteiger partial charge in [-0.2, -0.15) is 12.6 Å². The molecule has 0 atom stereocenters. The molecule has 0 unspecified atom stereocenters. The van der Waals surface area contributed by atoms with Crippen molar-refractivity contribution in [2.24, 2.45) is 0 Å². The van der Waals surface area contributed by atoms with E-state index in [1.807, 2.05) is 0 Å². The van der Waals surface area contributed by atoms with Gasteiger partial charge in [-0.15, -0.1) is 0 Å². The van der Waals surface area contributed by atoms with Crippen LogP contribution in [0.4, 0.5) is 4.39 Å². The predicted octanol–water partition coefficient (Wildman–Crippen LogP) is 2.46. The van der Waals surface area contributed by atoms with Gasteiger partial charge in [-0.05, 0) is 30.2 Å². The van der Waals surface area contributed by atoms with Crippen molar-refractivity contribution >= 4 is 12.6 Å². The molecule has 0 fully saturated rings. The van der Waals surface area contributed by atoms with E-state index in [1.165, 1.54) is 6.07 Å². The summed E-state index contributed by atoms with van der Waals surface area (Å²) in [6.45, 7) is 1.02. The molecular formula is C11H13FO2S. The van der Waals surface area contributed by atoms with Crippen molar-refractivity contribution in [2.75, 3.05) is 19.0 Å². The summed E-state index contributed by atoms with van der Waals surface area (Å²) in [6.07, 6.45) is 1.55. The number of hydrogen-bond donors (Lipinski definition) is 1. The quantitative estimate of drug-likeness (QED) is 0.801. The zero-order chi connectivity index (χ0) is 10.7. The fourth-order valence-electron chi connectivity index (χ4n) is 1.57.